The molecule has 0 atom stereocenters. The Morgan fingerprint density at radius 3 is 2.41 bits per heavy atom. The minimum Gasteiger partial charge on any atom is -0.323 e. The zero-order valence-corrected chi connectivity index (χ0v) is 20.5. The molecule has 0 saturated heterocycles. The quantitative estimate of drug-likeness (QED) is 0.403. The van der Waals surface area contributed by atoms with E-state index in [1.807, 2.05) is 6.07 Å². The van der Waals surface area contributed by atoms with E-state index in [0.717, 1.165) is 36.1 Å². The van der Waals surface area contributed by atoms with Gasteiger partial charge in [0.15, 0.2) is 0 Å². The molecule has 9 heteroatoms. The lowest BCUT2D eigenvalue weighted by Crippen LogP contribution is -2.41. The van der Waals surface area contributed by atoms with Gasteiger partial charge in [0.25, 0.3) is 5.56 Å². The molecule has 2 aromatic carbocycles. The first-order valence-corrected chi connectivity index (χ1v) is 12.6. The van der Waals surface area contributed by atoms with Crippen LogP contribution in [0, 0.1) is 0 Å². The Hall–Kier alpha value is -2.87. The van der Waals surface area contributed by atoms with Gasteiger partial charge in [0, 0.05) is 9.90 Å². The van der Waals surface area contributed by atoms with E-state index >= 15 is 0 Å². The lowest BCUT2D eigenvalue weighted by atomic mass is 9.97. The number of aromatic nitrogens is 2. The number of nitrogens with one attached hydrogen (secondary N) is 1. The first-order valence-electron chi connectivity index (χ1n) is 11.0. The van der Waals surface area contributed by atoms with Gasteiger partial charge in [-0.3, -0.25) is 18.7 Å². The van der Waals surface area contributed by atoms with Crippen LogP contribution in [0.15, 0.2) is 58.1 Å². The van der Waals surface area contributed by atoms with Gasteiger partial charge >= 0.3 is 5.69 Å². The molecule has 4 aromatic rings. The molecule has 0 saturated carbocycles. The van der Waals surface area contributed by atoms with Crippen LogP contribution in [-0.4, -0.2) is 15.0 Å². The predicted octanol–water partition coefficient (Wildman–Crippen LogP) is 5.10. The first-order chi connectivity index (χ1) is 16.4. The maximum absolute atomic E-state index is 13.6. The molecule has 1 aliphatic carbocycles. The normalized spacial score (nSPS) is 13.1. The number of para-hydroxylation sites is 1. The second-order valence-corrected chi connectivity index (χ2v) is 10.2. The van der Waals surface area contributed by atoms with Gasteiger partial charge in [0.1, 0.15) is 11.4 Å². The van der Waals surface area contributed by atoms with Crippen LogP contribution in [0.5, 0.6) is 0 Å². The molecule has 1 amide bonds. The Balaban J connectivity index is 1.64. The highest BCUT2D eigenvalue weighted by Crippen LogP contribution is 2.34. The Morgan fingerprint density at radius 1 is 0.941 bits per heavy atom. The molecular weight excluding hydrogens is 493 g/mol. The number of nitrogens with zero attached hydrogens (tertiary/aromatic N) is 2. The van der Waals surface area contributed by atoms with Crippen molar-refractivity contribution in [2.45, 2.75) is 38.8 Å². The smallest absolute Gasteiger partial charge is 0.323 e. The summed E-state index contributed by atoms with van der Waals surface area (Å²) in [5, 5.41) is 4.19. The highest BCUT2D eigenvalue weighted by molar-refractivity contribution is 7.18. The summed E-state index contributed by atoms with van der Waals surface area (Å²) in [4.78, 5) is 41.8. The van der Waals surface area contributed by atoms with Crippen molar-refractivity contribution in [1.29, 1.82) is 0 Å². The molecular formula is C25H21Cl2N3O3S. The molecule has 2 heterocycles. The number of hydrogen-bond donors (Lipinski definition) is 1. The Labute approximate surface area is 209 Å². The van der Waals surface area contributed by atoms with E-state index in [-0.39, 0.29) is 18.6 Å². The Kier molecular flexibility index (Phi) is 6.34. The lowest BCUT2D eigenvalue weighted by Gasteiger charge is -2.14. The number of carbonyl (C=O) groups excluding carboxylic acids is 1. The minimum atomic E-state index is -0.537. The molecule has 0 bridgehead atoms. The lowest BCUT2D eigenvalue weighted by molar-refractivity contribution is -0.116. The SMILES string of the molecule is O=C(Cn1c(=O)n(Cc2ccccc2Cl)c(=O)c2c3c(sc21)CCCC3)Nc1ccccc1Cl. The van der Waals surface area contributed by atoms with Crippen molar-refractivity contribution >= 4 is 56.3 Å². The Bertz CT molecular complexity index is 1540. The number of thiophene rings is 1. The number of halogens is 2. The number of fused-ring (bicyclic) bond motifs is 3. The summed E-state index contributed by atoms with van der Waals surface area (Å²) in [6.45, 7) is -0.202. The van der Waals surface area contributed by atoms with Gasteiger partial charge in [-0.05, 0) is 55.0 Å². The third-order valence-corrected chi connectivity index (χ3v) is 8.07. The van der Waals surface area contributed by atoms with Crippen molar-refractivity contribution in [2.75, 3.05) is 5.32 Å². The number of rotatable bonds is 5. The molecule has 2 aromatic heterocycles. The second-order valence-electron chi connectivity index (χ2n) is 8.27. The van der Waals surface area contributed by atoms with Crippen LogP contribution >= 0.6 is 34.5 Å². The highest BCUT2D eigenvalue weighted by atomic mass is 35.5. The van der Waals surface area contributed by atoms with Crippen molar-refractivity contribution in [3.8, 4) is 0 Å². The maximum Gasteiger partial charge on any atom is 0.332 e. The van der Waals surface area contributed by atoms with Crippen molar-refractivity contribution < 1.29 is 4.79 Å². The summed E-state index contributed by atoms with van der Waals surface area (Å²) >= 11 is 13.9. The van der Waals surface area contributed by atoms with Crippen LogP contribution in [0.25, 0.3) is 10.2 Å². The van der Waals surface area contributed by atoms with Crippen molar-refractivity contribution in [3.05, 3.63) is 95.4 Å². The number of aryl methyl sites for hydroxylation is 2. The third kappa shape index (κ3) is 4.19. The van der Waals surface area contributed by atoms with Crippen LogP contribution in [0.4, 0.5) is 5.69 Å². The Morgan fingerprint density at radius 2 is 1.65 bits per heavy atom. The average molecular weight is 514 g/mol. The summed E-state index contributed by atoms with van der Waals surface area (Å²) in [6, 6.07) is 14.0. The number of hydrogen-bond acceptors (Lipinski definition) is 4. The van der Waals surface area contributed by atoms with Gasteiger partial charge < -0.3 is 5.32 Å². The topological polar surface area (TPSA) is 73.1 Å². The molecule has 6 nitrogen and oxygen atoms in total. The molecule has 5 rings (SSSR count). The summed E-state index contributed by atoms with van der Waals surface area (Å²) < 4.78 is 2.59. The third-order valence-electron chi connectivity index (χ3n) is 6.05. The monoisotopic (exact) mass is 513 g/mol. The zero-order valence-electron chi connectivity index (χ0n) is 18.1. The van der Waals surface area contributed by atoms with Gasteiger partial charge in [-0.2, -0.15) is 0 Å². The fourth-order valence-electron chi connectivity index (χ4n) is 4.39. The van der Waals surface area contributed by atoms with Gasteiger partial charge in [-0.15, -0.1) is 11.3 Å². The summed E-state index contributed by atoms with van der Waals surface area (Å²) in [5.41, 5.74) is 1.27. The summed E-state index contributed by atoms with van der Waals surface area (Å²) in [6.07, 6.45) is 3.71. The van der Waals surface area contributed by atoms with Gasteiger partial charge in [-0.25, -0.2) is 4.79 Å². The number of carbonyl (C=O) groups is 1. The molecule has 0 radical (unpaired) electrons. The second kappa shape index (κ2) is 9.41. The predicted molar refractivity (Wildman–Crippen MR) is 138 cm³/mol. The van der Waals surface area contributed by atoms with Crippen LogP contribution in [0.3, 0.4) is 0 Å². The molecule has 0 aliphatic heterocycles. The van der Waals surface area contributed by atoms with Crippen LogP contribution < -0.4 is 16.6 Å². The fourth-order valence-corrected chi connectivity index (χ4v) is 6.14. The van der Waals surface area contributed by atoms with E-state index in [4.69, 9.17) is 23.2 Å². The molecule has 0 unspecified atom stereocenters. The number of anilines is 1. The zero-order chi connectivity index (χ0) is 23.8. The maximum atomic E-state index is 13.6. The van der Waals surface area contributed by atoms with E-state index in [1.54, 1.807) is 42.5 Å². The standard InChI is InChI=1S/C25H21Cl2N3O3S/c26-17-9-3-1-7-15(17)13-29-23(32)22-16-8-2-6-12-20(16)34-24(22)30(25(29)33)14-21(31)28-19-11-5-4-10-18(19)27/h1,3-5,7,9-11H,2,6,8,12-14H2,(H,28,31). The van der Waals surface area contributed by atoms with E-state index in [2.05, 4.69) is 5.32 Å². The summed E-state index contributed by atoms with van der Waals surface area (Å²) in [5.74, 6) is -0.397. The van der Waals surface area contributed by atoms with Gasteiger partial charge in [0.05, 0.1) is 22.6 Å². The number of benzene rings is 2. The van der Waals surface area contributed by atoms with Crippen molar-refractivity contribution in [2.24, 2.45) is 0 Å². The molecule has 0 fully saturated rings. The largest absolute Gasteiger partial charge is 0.332 e. The molecule has 1 aliphatic rings. The van der Waals surface area contributed by atoms with Gasteiger partial charge in [-0.1, -0.05) is 53.5 Å². The average Bonchev–Trinajstić information content (AvgIpc) is 3.22. The van der Waals surface area contributed by atoms with E-state index in [1.165, 1.54) is 20.5 Å². The molecule has 0 spiro atoms. The molecule has 1 N–H and O–H groups in total. The van der Waals surface area contributed by atoms with E-state index in [9.17, 15) is 14.4 Å². The minimum absolute atomic E-state index is 0.0318. The first kappa shape index (κ1) is 22.9. The van der Waals surface area contributed by atoms with Gasteiger partial charge in [0.2, 0.25) is 5.91 Å². The summed E-state index contributed by atoms with van der Waals surface area (Å²) in [7, 11) is 0. The van der Waals surface area contributed by atoms with E-state index in [0.29, 0.717) is 31.5 Å². The molecule has 34 heavy (non-hydrogen) atoms. The van der Waals surface area contributed by atoms with Crippen molar-refractivity contribution in [3.63, 3.8) is 0 Å². The van der Waals surface area contributed by atoms with Crippen LogP contribution in [0.1, 0.15) is 28.8 Å². The fraction of sp³-hybridized carbons (Fsp3) is 0.240. The van der Waals surface area contributed by atoms with E-state index < -0.39 is 11.6 Å². The van der Waals surface area contributed by atoms with Crippen LogP contribution in [0.2, 0.25) is 10.0 Å². The highest BCUT2D eigenvalue weighted by Gasteiger charge is 2.25. The number of amides is 1. The molecule has 174 valence electrons. The van der Waals surface area contributed by atoms with Crippen LogP contribution in [-0.2, 0) is 30.7 Å². The van der Waals surface area contributed by atoms with Crippen molar-refractivity contribution in [1.82, 2.24) is 9.13 Å².